The van der Waals surface area contributed by atoms with Crippen molar-refractivity contribution in [1.82, 2.24) is 10.4 Å². The molecule has 1 atom stereocenters. The summed E-state index contributed by atoms with van der Waals surface area (Å²) in [6.07, 6.45) is 0. The molecule has 0 radical (unpaired) electrons. The second kappa shape index (κ2) is 2.26. The smallest absolute Gasteiger partial charge is 0.317 e. The second-order valence-corrected chi connectivity index (χ2v) is 2.25. The van der Waals surface area contributed by atoms with Gasteiger partial charge >= 0.3 is 5.97 Å². The lowest BCUT2D eigenvalue weighted by Crippen LogP contribution is -2.29. The summed E-state index contributed by atoms with van der Waals surface area (Å²) in [6, 6.07) is 0. The molecule has 0 spiro atoms. The highest BCUT2D eigenvalue weighted by atomic mass is 16.4. The number of hydrazine groups is 1. The third kappa shape index (κ3) is 1.08. The van der Waals surface area contributed by atoms with Gasteiger partial charge in [-0.15, -0.1) is 0 Å². The molecule has 1 heterocycles. The molecule has 1 rings (SSSR count). The van der Waals surface area contributed by atoms with Crippen LogP contribution in [0.3, 0.4) is 0 Å². The van der Waals surface area contributed by atoms with Gasteiger partial charge in [-0.1, -0.05) is 0 Å². The Hall–Kier alpha value is -1.10. The number of rotatable bonds is 1. The lowest BCUT2D eigenvalue weighted by molar-refractivity contribution is -0.144. The van der Waals surface area contributed by atoms with E-state index in [9.17, 15) is 9.59 Å². The monoisotopic (exact) mass is 144 g/mol. The van der Waals surface area contributed by atoms with E-state index in [-0.39, 0.29) is 6.54 Å². The molecular formula is C5H8N2O3. The van der Waals surface area contributed by atoms with E-state index in [1.807, 2.05) is 0 Å². The number of carbonyl (C=O) groups is 2. The van der Waals surface area contributed by atoms with Crippen molar-refractivity contribution in [2.75, 3.05) is 13.6 Å². The van der Waals surface area contributed by atoms with Gasteiger partial charge in [0.15, 0.2) is 5.92 Å². The number of carboxylic acids is 1. The SMILES string of the molecule is CN1CC(C(=O)O)C(=O)N1. The van der Waals surface area contributed by atoms with Crippen molar-refractivity contribution in [1.29, 1.82) is 0 Å². The first kappa shape index (κ1) is 7.01. The summed E-state index contributed by atoms with van der Waals surface area (Å²) < 4.78 is 0. The molecule has 0 aliphatic carbocycles. The zero-order chi connectivity index (χ0) is 7.72. The number of nitrogens with zero attached hydrogens (tertiary/aromatic N) is 1. The maximum Gasteiger partial charge on any atom is 0.317 e. The summed E-state index contributed by atoms with van der Waals surface area (Å²) in [5, 5.41) is 9.87. The number of carboxylic acid groups (broad SMARTS) is 1. The van der Waals surface area contributed by atoms with Gasteiger partial charge in [0, 0.05) is 13.6 Å². The van der Waals surface area contributed by atoms with Crippen molar-refractivity contribution in [3.8, 4) is 0 Å². The van der Waals surface area contributed by atoms with Gasteiger partial charge in [-0.2, -0.15) is 0 Å². The van der Waals surface area contributed by atoms with Crippen LogP contribution in [0.1, 0.15) is 0 Å². The predicted molar refractivity (Wildman–Crippen MR) is 31.9 cm³/mol. The van der Waals surface area contributed by atoms with Gasteiger partial charge < -0.3 is 5.11 Å². The Labute approximate surface area is 57.6 Å². The number of amides is 1. The topological polar surface area (TPSA) is 69.6 Å². The minimum absolute atomic E-state index is 0.244. The standard InChI is InChI=1S/C5H8N2O3/c1-7-2-3(5(9)10)4(8)6-7/h3H,2H2,1H3,(H,6,8)(H,9,10). The second-order valence-electron chi connectivity index (χ2n) is 2.25. The lowest BCUT2D eigenvalue weighted by Gasteiger charge is -2.03. The summed E-state index contributed by atoms with van der Waals surface area (Å²) in [7, 11) is 1.63. The van der Waals surface area contributed by atoms with Gasteiger partial charge in [0.1, 0.15) is 0 Å². The lowest BCUT2D eigenvalue weighted by atomic mass is 10.1. The molecule has 0 bridgehead atoms. The maximum atomic E-state index is 10.7. The van der Waals surface area contributed by atoms with E-state index in [0.717, 1.165) is 0 Å². The summed E-state index contributed by atoms with van der Waals surface area (Å²) in [5.74, 6) is -2.40. The van der Waals surface area contributed by atoms with Gasteiger partial charge in [0.2, 0.25) is 5.91 Å². The van der Waals surface area contributed by atoms with E-state index in [1.165, 1.54) is 5.01 Å². The molecule has 5 heteroatoms. The Morgan fingerprint density at radius 2 is 2.50 bits per heavy atom. The number of nitrogens with one attached hydrogen (secondary N) is 1. The van der Waals surface area contributed by atoms with E-state index in [1.54, 1.807) is 7.05 Å². The van der Waals surface area contributed by atoms with Crippen molar-refractivity contribution < 1.29 is 14.7 Å². The first-order chi connectivity index (χ1) is 4.61. The van der Waals surface area contributed by atoms with Gasteiger partial charge in [-0.25, -0.2) is 5.01 Å². The molecule has 0 aromatic rings. The Morgan fingerprint density at radius 3 is 2.70 bits per heavy atom. The quantitative estimate of drug-likeness (QED) is 0.447. The fourth-order valence-corrected chi connectivity index (χ4v) is 0.859. The Morgan fingerprint density at radius 1 is 1.90 bits per heavy atom. The number of hydrogen-bond acceptors (Lipinski definition) is 3. The zero-order valence-corrected chi connectivity index (χ0v) is 5.50. The first-order valence-corrected chi connectivity index (χ1v) is 2.85. The average molecular weight is 144 g/mol. The summed E-state index contributed by atoms with van der Waals surface area (Å²) in [6.45, 7) is 0.244. The predicted octanol–water partition coefficient (Wildman–Crippen LogP) is -1.34. The fourth-order valence-electron chi connectivity index (χ4n) is 0.859. The molecule has 0 aromatic heterocycles. The first-order valence-electron chi connectivity index (χ1n) is 2.85. The highest BCUT2D eigenvalue weighted by molar-refractivity contribution is 5.98. The third-order valence-corrected chi connectivity index (χ3v) is 1.37. The van der Waals surface area contributed by atoms with E-state index in [0.29, 0.717) is 0 Å². The summed E-state index contributed by atoms with van der Waals surface area (Å²) in [4.78, 5) is 21.0. The van der Waals surface area contributed by atoms with Crippen LogP contribution in [0.2, 0.25) is 0 Å². The third-order valence-electron chi connectivity index (χ3n) is 1.37. The van der Waals surface area contributed by atoms with Crippen molar-refractivity contribution >= 4 is 11.9 Å². The maximum absolute atomic E-state index is 10.7. The van der Waals surface area contributed by atoms with Crippen LogP contribution in [0.5, 0.6) is 0 Å². The Bertz CT molecular complexity index is 180. The van der Waals surface area contributed by atoms with Gasteiger partial charge in [0.05, 0.1) is 0 Å². The van der Waals surface area contributed by atoms with Crippen molar-refractivity contribution in [2.45, 2.75) is 0 Å². The number of carbonyl (C=O) groups excluding carboxylic acids is 1. The van der Waals surface area contributed by atoms with Crippen LogP contribution in [0.25, 0.3) is 0 Å². The van der Waals surface area contributed by atoms with E-state index >= 15 is 0 Å². The number of hydrogen-bond donors (Lipinski definition) is 2. The minimum atomic E-state index is -1.07. The molecule has 1 fully saturated rings. The van der Waals surface area contributed by atoms with E-state index in [2.05, 4.69) is 5.43 Å². The molecule has 1 saturated heterocycles. The molecule has 1 aliphatic heterocycles. The van der Waals surface area contributed by atoms with Crippen LogP contribution in [-0.2, 0) is 9.59 Å². The molecule has 0 saturated carbocycles. The summed E-state index contributed by atoms with van der Waals surface area (Å²) in [5.41, 5.74) is 2.36. The van der Waals surface area contributed by atoms with Crippen molar-refractivity contribution in [3.63, 3.8) is 0 Å². The average Bonchev–Trinajstić information content (AvgIpc) is 2.10. The van der Waals surface area contributed by atoms with Crippen LogP contribution in [0, 0.1) is 5.92 Å². The van der Waals surface area contributed by atoms with Crippen molar-refractivity contribution in [3.05, 3.63) is 0 Å². The molecule has 10 heavy (non-hydrogen) atoms. The van der Waals surface area contributed by atoms with E-state index in [4.69, 9.17) is 5.11 Å². The summed E-state index contributed by atoms with van der Waals surface area (Å²) >= 11 is 0. The van der Waals surface area contributed by atoms with Crippen LogP contribution in [-0.4, -0.2) is 35.6 Å². The highest BCUT2D eigenvalue weighted by Crippen LogP contribution is 2.05. The van der Waals surface area contributed by atoms with Gasteiger partial charge in [-0.05, 0) is 0 Å². The molecule has 0 aromatic carbocycles. The van der Waals surface area contributed by atoms with Crippen molar-refractivity contribution in [2.24, 2.45) is 5.92 Å². The van der Waals surface area contributed by atoms with Gasteiger partial charge in [-0.3, -0.25) is 15.0 Å². The van der Waals surface area contributed by atoms with Gasteiger partial charge in [0.25, 0.3) is 0 Å². The zero-order valence-electron chi connectivity index (χ0n) is 5.50. The molecule has 56 valence electrons. The molecule has 1 aliphatic rings. The highest BCUT2D eigenvalue weighted by Gasteiger charge is 2.33. The Kier molecular flexibility index (Phi) is 1.58. The largest absolute Gasteiger partial charge is 0.481 e. The van der Waals surface area contributed by atoms with Crippen LogP contribution < -0.4 is 5.43 Å². The van der Waals surface area contributed by atoms with Crippen LogP contribution in [0.4, 0.5) is 0 Å². The van der Waals surface area contributed by atoms with Crippen LogP contribution in [0.15, 0.2) is 0 Å². The van der Waals surface area contributed by atoms with E-state index < -0.39 is 17.8 Å². The molecule has 1 amide bonds. The molecule has 5 nitrogen and oxygen atoms in total. The molecule has 2 N–H and O–H groups in total. The number of aliphatic carboxylic acids is 1. The fraction of sp³-hybridized carbons (Fsp3) is 0.600. The normalized spacial score (nSPS) is 26.5. The molecular weight excluding hydrogens is 136 g/mol. The molecule has 1 unspecified atom stereocenters. The van der Waals surface area contributed by atoms with Crippen LogP contribution >= 0.6 is 0 Å². The Balaban J connectivity index is 2.63. The minimum Gasteiger partial charge on any atom is -0.481 e.